The smallest absolute Gasteiger partial charge is 0.339 e. The van der Waals surface area contributed by atoms with Crippen molar-refractivity contribution >= 4 is 29.8 Å². The van der Waals surface area contributed by atoms with Gasteiger partial charge in [0.1, 0.15) is 29.7 Å². The van der Waals surface area contributed by atoms with Crippen LogP contribution in [0.15, 0.2) is 90.5 Å². The molecule has 3 aromatic carbocycles. The predicted molar refractivity (Wildman–Crippen MR) is 219 cm³/mol. The largest absolute Gasteiger partial charge is 0.508 e. The summed E-state index contributed by atoms with van der Waals surface area (Å²) < 4.78 is 25.1. The van der Waals surface area contributed by atoms with Gasteiger partial charge in [-0.3, -0.25) is 14.4 Å². The summed E-state index contributed by atoms with van der Waals surface area (Å²) in [6.07, 6.45) is 8.42. The Morgan fingerprint density at radius 1 is 0.932 bits per heavy atom. The van der Waals surface area contributed by atoms with Gasteiger partial charge in [-0.05, 0) is 106 Å². The molecule has 3 aromatic rings. The molecule has 312 valence electrons. The standard InChI is InChI=1S/C47H54N2O10/c1-46(2,3)58-41(52)23-22-36(28-50)49-44(54)32-15-8-10-29(24-32)27-48-43(53)33-25-39(42-40(26-33)57-47(59-42,34-18-19-34)35-20-21-35)56-45(55)37-16-6-4-11-30(37)13-9-14-31-12-5-7-17-38(31)51/h4-13,15-17,24,26,34-36,39-40,42,50-51H,14,18-23,25,27-28H2,1-3H3,(H,48,53)(H,49,54)/t36-,39+,40+,42-/m0/s1. The van der Waals surface area contributed by atoms with Crippen molar-refractivity contribution in [2.45, 2.75) is 114 Å². The quantitative estimate of drug-likeness (QED) is 0.120. The second-order valence-corrected chi connectivity index (χ2v) is 17.0. The van der Waals surface area contributed by atoms with Gasteiger partial charge in [-0.15, -0.1) is 0 Å². The molecule has 2 amide bonds. The number of amides is 2. The number of phenolic OH excluding ortho intramolecular Hbond substituents is 1. The zero-order valence-corrected chi connectivity index (χ0v) is 33.9. The van der Waals surface area contributed by atoms with E-state index in [4.69, 9.17) is 18.9 Å². The van der Waals surface area contributed by atoms with Crippen molar-refractivity contribution in [2.75, 3.05) is 6.61 Å². The second kappa shape index (κ2) is 17.9. The van der Waals surface area contributed by atoms with E-state index in [1.54, 1.807) is 69.3 Å². The lowest BCUT2D eigenvalue weighted by atomic mass is 9.91. The molecule has 4 N–H and O–H groups in total. The van der Waals surface area contributed by atoms with Crippen LogP contribution >= 0.6 is 0 Å². The summed E-state index contributed by atoms with van der Waals surface area (Å²) in [5.41, 5.74) is 2.58. The zero-order valence-electron chi connectivity index (χ0n) is 33.9. The molecular formula is C47H54N2O10. The third kappa shape index (κ3) is 10.5. The summed E-state index contributed by atoms with van der Waals surface area (Å²) in [6, 6.07) is 20.4. The number of phenols is 1. The van der Waals surface area contributed by atoms with Gasteiger partial charge in [0.15, 0.2) is 5.79 Å². The fourth-order valence-electron chi connectivity index (χ4n) is 7.88. The summed E-state index contributed by atoms with van der Waals surface area (Å²) >= 11 is 0. The van der Waals surface area contributed by atoms with Crippen molar-refractivity contribution < 1.29 is 48.3 Å². The van der Waals surface area contributed by atoms with Gasteiger partial charge in [-0.2, -0.15) is 0 Å². The van der Waals surface area contributed by atoms with Crippen LogP contribution in [0.5, 0.6) is 5.75 Å². The van der Waals surface area contributed by atoms with E-state index < -0.39 is 53.6 Å². The Labute approximate surface area is 345 Å². The van der Waals surface area contributed by atoms with Crippen molar-refractivity contribution in [2.24, 2.45) is 11.8 Å². The highest BCUT2D eigenvalue weighted by Crippen LogP contribution is 2.59. The van der Waals surface area contributed by atoms with Gasteiger partial charge in [0.05, 0.1) is 18.2 Å². The molecule has 2 saturated carbocycles. The van der Waals surface area contributed by atoms with Crippen LogP contribution in [-0.4, -0.2) is 76.3 Å². The number of hydrogen-bond donors (Lipinski definition) is 4. The number of aromatic hydroxyl groups is 1. The highest BCUT2D eigenvalue weighted by Gasteiger charge is 2.64. The molecule has 1 saturated heterocycles. The molecule has 12 nitrogen and oxygen atoms in total. The molecule has 59 heavy (non-hydrogen) atoms. The van der Waals surface area contributed by atoms with Gasteiger partial charge in [0.25, 0.3) is 5.91 Å². The average Bonchev–Trinajstić information content (AvgIpc) is 4.16. The van der Waals surface area contributed by atoms with Gasteiger partial charge in [0, 0.05) is 42.4 Å². The van der Waals surface area contributed by atoms with Crippen LogP contribution in [0.2, 0.25) is 0 Å². The number of hydrogen-bond acceptors (Lipinski definition) is 10. The minimum absolute atomic E-state index is 0.0399. The van der Waals surface area contributed by atoms with Crippen molar-refractivity contribution in [3.05, 3.63) is 118 Å². The molecule has 0 radical (unpaired) electrons. The van der Waals surface area contributed by atoms with E-state index >= 15 is 0 Å². The van der Waals surface area contributed by atoms with Gasteiger partial charge in [-0.1, -0.05) is 60.7 Å². The SMILES string of the molecule is CC(C)(C)OC(=O)CC[C@@H](CO)NC(=O)c1cccc(CNC(=O)C2=C[C@H]3OC(C4CC4)(C4CC4)O[C@H]3[C@H](OC(=O)c3ccccc3C=CCc3ccccc3O)C2)c1. The molecule has 7 rings (SSSR count). The van der Waals surface area contributed by atoms with Gasteiger partial charge >= 0.3 is 11.9 Å². The predicted octanol–water partition coefficient (Wildman–Crippen LogP) is 6.33. The Morgan fingerprint density at radius 3 is 2.37 bits per heavy atom. The van der Waals surface area contributed by atoms with Crippen LogP contribution in [0.25, 0.3) is 6.08 Å². The number of para-hydroxylation sites is 1. The first-order chi connectivity index (χ1) is 28.3. The number of esters is 2. The van der Waals surface area contributed by atoms with E-state index in [2.05, 4.69) is 10.6 Å². The Morgan fingerprint density at radius 2 is 1.66 bits per heavy atom. The van der Waals surface area contributed by atoms with E-state index in [0.717, 1.165) is 31.2 Å². The molecule has 3 aliphatic carbocycles. The summed E-state index contributed by atoms with van der Waals surface area (Å²) in [6.45, 7) is 5.09. The van der Waals surface area contributed by atoms with Gasteiger partial charge in [0.2, 0.25) is 5.91 Å². The number of carbonyl (C=O) groups excluding carboxylic acids is 4. The molecule has 12 heteroatoms. The number of ether oxygens (including phenoxy) is 4. The van der Waals surface area contributed by atoms with Gasteiger partial charge < -0.3 is 39.8 Å². The fourth-order valence-corrected chi connectivity index (χ4v) is 7.88. The summed E-state index contributed by atoms with van der Waals surface area (Å²) in [5.74, 6) is -1.75. The van der Waals surface area contributed by atoms with E-state index in [0.29, 0.717) is 34.2 Å². The Hall–Kier alpha value is -5.30. The van der Waals surface area contributed by atoms with Crippen molar-refractivity contribution in [3.8, 4) is 5.75 Å². The normalized spacial score (nSPS) is 21.6. The molecule has 1 aliphatic heterocycles. The fraction of sp³-hybridized carbons (Fsp3) is 0.447. The van der Waals surface area contributed by atoms with E-state index in [1.807, 2.05) is 42.5 Å². The van der Waals surface area contributed by atoms with Crippen LogP contribution in [0.3, 0.4) is 0 Å². The van der Waals surface area contributed by atoms with E-state index in [1.165, 1.54) is 0 Å². The van der Waals surface area contributed by atoms with Crippen LogP contribution in [-0.2, 0) is 41.5 Å². The first-order valence-electron chi connectivity index (χ1n) is 20.6. The van der Waals surface area contributed by atoms with Crippen molar-refractivity contribution in [1.29, 1.82) is 0 Å². The Kier molecular flexibility index (Phi) is 12.7. The maximum Gasteiger partial charge on any atom is 0.339 e. The van der Waals surface area contributed by atoms with E-state index in [-0.39, 0.29) is 55.9 Å². The Balaban J connectivity index is 1.02. The minimum Gasteiger partial charge on any atom is -0.508 e. The second-order valence-electron chi connectivity index (χ2n) is 17.0. The Bertz CT molecular complexity index is 2080. The highest BCUT2D eigenvalue weighted by atomic mass is 16.8. The first-order valence-corrected chi connectivity index (χ1v) is 20.6. The van der Waals surface area contributed by atoms with Crippen molar-refractivity contribution in [3.63, 3.8) is 0 Å². The maximum absolute atomic E-state index is 14.0. The minimum atomic E-state index is -0.794. The first kappa shape index (κ1) is 41.8. The maximum atomic E-state index is 14.0. The molecule has 0 aromatic heterocycles. The van der Waals surface area contributed by atoms with E-state index in [9.17, 15) is 29.4 Å². The third-order valence-corrected chi connectivity index (χ3v) is 11.1. The molecule has 0 bridgehead atoms. The summed E-state index contributed by atoms with van der Waals surface area (Å²) in [4.78, 5) is 53.1. The molecule has 3 fully saturated rings. The van der Waals surface area contributed by atoms with Crippen LogP contribution < -0.4 is 10.6 Å². The number of aliphatic hydroxyl groups excluding tert-OH is 1. The number of carbonyl (C=O) groups is 4. The number of allylic oxidation sites excluding steroid dienone is 1. The van der Waals surface area contributed by atoms with Gasteiger partial charge in [-0.25, -0.2) is 4.79 Å². The number of benzene rings is 3. The molecule has 4 atom stereocenters. The van der Waals surface area contributed by atoms with Crippen LogP contribution in [0, 0.1) is 11.8 Å². The average molecular weight is 807 g/mol. The molecule has 4 aliphatic rings. The van der Waals surface area contributed by atoms with Crippen LogP contribution in [0.1, 0.15) is 103 Å². The lowest BCUT2D eigenvalue weighted by Crippen LogP contribution is -2.44. The molecular weight excluding hydrogens is 753 g/mol. The van der Waals surface area contributed by atoms with Crippen molar-refractivity contribution in [1.82, 2.24) is 10.6 Å². The third-order valence-electron chi connectivity index (χ3n) is 11.1. The summed E-state index contributed by atoms with van der Waals surface area (Å²) in [5, 5.41) is 25.8. The number of rotatable bonds is 16. The topological polar surface area (TPSA) is 170 Å². The lowest BCUT2D eigenvalue weighted by molar-refractivity contribution is -0.209. The lowest BCUT2D eigenvalue weighted by Gasteiger charge is -2.31. The highest BCUT2D eigenvalue weighted by molar-refractivity contribution is 5.96. The monoisotopic (exact) mass is 806 g/mol. The molecule has 1 heterocycles. The number of fused-ring (bicyclic) bond motifs is 1. The number of aliphatic hydroxyl groups is 1. The van der Waals surface area contributed by atoms with Crippen LogP contribution in [0.4, 0.5) is 0 Å². The number of nitrogens with one attached hydrogen (secondary N) is 2. The molecule has 0 spiro atoms. The summed E-state index contributed by atoms with van der Waals surface area (Å²) in [7, 11) is 0. The zero-order chi connectivity index (χ0) is 41.7. The molecule has 0 unspecified atom stereocenters.